The first-order valence-electron chi connectivity index (χ1n) is 7.99. The molecule has 3 rings (SSSR count). The van der Waals surface area contributed by atoms with Crippen molar-refractivity contribution in [3.8, 4) is 0 Å². The Labute approximate surface area is 152 Å². The number of benzene rings is 2. The molecule has 2 aromatic carbocycles. The second-order valence-corrected chi connectivity index (χ2v) is 6.08. The minimum absolute atomic E-state index is 0.0739. The molecule has 0 aliphatic carbocycles. The Kier molecular flexibility index (Phi) is 5.70. The fourth-order valence-corrected chi connectivity index (χ4v) is 2.58. The third-order valence-corrected chi connectivity index (χ3v) is 4.00. The van der Waals surface area contributed by atoms with E-state index in [0.717, 1.165) is 16.9 Å². The number of carbonyl (C=O) groups excluding carboxylic acids is 1. The predicted octanol–water partition coefficient (Wildman–Crippen LogP) is 5.18. The van der Waals surface area contributed by atoms with E-state index in [4.69, 9.17) is 16.0 Å². The summed E-state index contributed by atoms with van der Waals surface area (Å²) >= 11 is 5.88. The normalized spacial score (nSPS) is 10.9. The van der Waals surface area contributed by atoms with Gasteiger partial charge in [0.25, 0.3) is 0 Å². The van der Waals surface area contributed by atoms with Crippen molar-refractivity contribution >= 4 is 23.6 Å². The van der Waals surface area contributed by atoms with Crippen LogP contribution >= 0.6 is 11.6 Å². The van der Waals surface area contributed by atoms with E-state index in [-0.39, 0.29) is 5.91 Å². The van der Waals surface area contributed by atoms with Crippen LogP contribution in [-0.2, 0) is 17.9 Å². The lowest BCUT2D eigenvalue weighted by Crippen LogP contribution is -2.28. The minimum Gasteiger partial charge on any atom is -0.467 e. The molecule has 1 amide bonds. The highest BCUT2D eigenvalue weighted by Gasteiger charge is 2.13. The van der Waals surface area contributed by atoms with Crippen molar-refractivity contribution in [2.45, 2.75) is 13.1 Å². The third-order valence-electron chi connectivity index (χ3n) is 3.74. The summed E-state index contributed by atoms with van der Waals surface area (Å²) in [6, 6.07) is 21.0. The van der Waals surface area contributed by atoms with Crippen molar-refractivity contribution in [1.29, 1.82) is 0 Å². The van der Waals surface area contributed by atoms with Crippen LogP contribution < -0.4 is 0 Å². The third kappa shape index (κ3) is 5.10. The Balaban J connectivity index is 1.75. The van der Waals surface area contributed by atoms with E-state index in [9.17, 15) is 4.79 Å². The first-order valence-corrected chi connectivity index (χ1v) is 8.37. The first-order chi connectivity index (χ1) is 12.2. The topological polar surface area (TPSA) is 33.5 Å². The summed E-state index contributed by atoms with van der Waals surface area (Å²) in [5, 5.41) is 0.673. The lowest BCUT2D eigenvalue weighted by molar-refractivity contribution is -0.127. The molecule has 0 aliphatic rings. The largest absolute Gasteiger partial charge is 0.467 e. The van der Waals surface area contributed by atoms with Crippen LogP contribution in [0.3, 0.4) is 0 Å². The van der Waals surface area contributed by atoms with Gasteiger partial charge < -0.3 is 9.32 Å². The van der Waals surface area contributed by atoms with Crippen LogP contribution in [0, 0.1) is 0 Å². The highest BCUT2D eigenvalue weighted by molar-refractivity contribution is 6.30. The number of halogens is 1. The van der Waals surface area contributed by atoms with E-state index in [1.54, 1.807) is 35.4 Å². The van der Waals surface area contributed by atoms with Gasteiger partial charge in [0.2, 0.25) is 5.91 Å². The highest BCUT2D eigenvalue weighted by atomic mass is 35.5. The Morgan fingerprint density at radius 3 is 2.40 bits per heavy atom. The molecule has 0 atom stereocenters. The van der Waals surface area contributed by atoms with Gasteiger partial charge in [0.1, 0.15) is 5.76 Å². The fraction of sp³-hybridized carbons (Fsp3) is 0.0952. The molecular formula is C21H18ClNO2. The van der Waals surface area contributed by atoms with Crippen LogP contribution in [0.5, 0.6) is 0 Å². The van der Waals surface area contributed by atoms with E-state index in [1.165, 1.54) is 0 Å². The van der Waals surface area contributed by atoms with Crippen molar-refractivity contribution in [3.05, 3.63) is 101 Å². The number of nitrogens with zero attached hydrogens (tertiary/aromatic N) is 1. The number of amides is 1. The van der Waals surface area contributed by atoms with Gasteiger partial charge in [0.05, 0.1) is 12.8 Å². The maximum Gasteiger partial charge on any atom is 0.247 e. The Morgan fingerprint density at radius 1 is 0.960 bits per heavy atom. The van der Waals surface area contributed by atoms with Gasteiger partial charge in [-0.1, -0.05) is 54.1 Å². The van der Waals surface area contributed by atoms with Gasteiger partial charge in [-0.3, -0.25) is 4.79 Å². The molecule has 3 aromatic rings. The summed E-state index contributed by atoms with van der Waals surface area (Å²) in [6.07, 6.45) is 4.98. The van der Waals surface area contributed by atoms with Gasteiger partial charge in [0, 0.05) is 17.6 Å². The molecule has 0 aliphatic heterocycles. The van der Waals surface area contributed by atoms with Crippen molar-refractivity contribution in [3.63, 3.8) is 0 Å². The summed E-state index contributed by atoms with van der Waals surface area (Å²) in [6.45, 7) is 0.941. The zero-order valence-corrected chi connectivity index (χ0v) is 14.4. The standard InChI is InChI=1S/C21H18ClNO2/c22-19-11-8-17(9-12-19)10-13-21(24)23(16-20-7-4-14-25-20)15-18-5-2-1-3-6-18/h1-14H,15-16H2/b13-10+. The van der Waals surface area contributed by atoms with Crippen molar-refractivity contribution in [2.75, 3.05) is 0 Å². The van der Waals surface area contributed by atoms with Crippen LogP contribution in [0.4, 0.5) is 0 Å². The van der Waals surface area contributed by atoms with E-state index in [2.05, 4.69) is 0 Å². The number of hydrogen-bond donors (Lipinski definition) is 0. The van der Waals surface area contributed by atoms with Crippen LogP contribution in [0.2, 0.25) is 5.02 Å². The summed E-state index contributed by atoms with van der Waals surface area (Å²) in [7, 11) is 0. The molecule has 0 fully saturated rings. The van der Waals surface area contributed by atoms with Gasteiger partial charge >= 0.3 is 0 Å². The molecule has 1 aromatic heterocycles. The lowest BCUT2D eigenvalue weighted by Gasteiger charge is -2.20. The quantitative estimate of drug-likeness (QED) is 0.574. The van der Waals surface area contributed by atoms with Gasteiger partial charge in [-0.2, -0.15) is 0 Å². The molecule has 0 N–H and O–H groups in total. The number of rotatable bonds is 6. The lowest BCUT2D eigenvalue weighted by atomic mass is 10.2. The highest BCUT2D eigenvalue weighted by Crippen LogP contribution is 2.13. The van der Waals surface area contributed by atoms with Crippen LogP contribution in [0.15, 0.2) is 83.5 Å². The maximum atomic E-state index is 12.7. The minimum atomic E-state index is -0.0739. The smallest absolute Gasteiger partial charge is 0.247 e. The monoisotopic (exact) mass is 351 g/mol. The molecule has 4 heteroatoms. The SMILES string of the molecule is O=C(/C=C/c1ccc(Cl)cc1)N(Cc1ccccc1)Cc1ccco1. The van der Waals surface area contributed by atoms with Gasteiger partial charge in [-0.05, 0) is 41.5 Å². The summed E-state index contributed by atoms with van der Waals surface area (Å²) in [5.74, 6) is 0.680. The Bertz CT molecular complexity index is 824. The van der Waals surface area contributed by atoms with E-state index in [1.807, 2.05) is 54.6 Å². The first kappa shape index (κ1) is 17.1. The molecule has 126 valence electrons. The predicted molar refractivity (Wildman–Crippen MR) is 99.9 cm³/mol. The molecule has 3 nitrogen and oxygen atoms in total. The van der Waals surface area contributed by atoms with Crippen LogP contribution in [-0.4, -0.2) is 10.8 Å². The van der Waals surface area contributed by atoms with Gasteiger partial charge in [-0.25, -0.2) is 0 Å². The summed E-state index contributed by atoms with van der Waals surface area (Å²) in [4.78, 5) is 14.4. The molecular weight excluding hydrogens is 334 g/mol. The second-order valence-electron chi connectivity index (χ2n) is 5.64. The van der Waals surface area contributed by atoms with Crippen LogP contribution in [0.1, 0.15) is 16.9 Å². The maximum absolute atomic E-state index is 12.7. The molecule has 0 bridgehead atoms. The zero-order valence-electron chi connectivity index (χ0n) is 13.6. The number of carbonyl (C=O) groups is 1. The molecule has 0 radical (unpaired) electrons. The second kappa shape index (κ2) is 8.36. The van der Waals surface area contributed by atoms with Crippen molar-refractivity contribution < 1.29 is 9.21 Å². The molecule has 0 saturated carbocycles. The van der Waals surface area contributed by atoms with Crippen molar-refractivity contribution in [1.82, 2.24) is 4.90 Å². The number of hydrogen-bond acceptors (Lipinski definition) is 2. The van der Waals surface area contributed by atoms with Gasteiger partial charge in [-0.15, -0.1) is 0 Å². The molecule has 0 saturated heterocycles. The average molecular weight is 352 g/mol. The summed E-state index contributed by atoms with van der Waals surface area (Å²) < 4.78 is 5.40. The van der Waals surface area contributed by atoms with Gasteiger partial charge in [0.15, 0.2) is 0 Å². The van der Waals surface area contributed by atoms with Crippen molar-refractivity contribution in [2.24, 2.45) is 0 Å². The van der Waals surface area contributed by atoms with E-state index in [0.29, 0.717) is 18.1 Å². The number of furan rings is 1. The zero-order chi connectivity index (χ0) is 17.5. The molecule has 0 spiro atoms. The molecule has 1 heterocycles. The molecule has 0 unspecified atom stereocenters. The van der Waals surface area contributed by atoms with Crippen LogP contribution in [0.25, 0.3) is 6.08 Å². The summed E-state index contributed by atoms with van der Waals surface area (Å²) in [5.41, 5.74) is 2.00. The fourth-order valence-electron chi connectivity index (χ4n) is 2.45. The average Bonchev–Trinajstić information content (AvgIpc) is 3.14. The van der Waals surface area contributed by atoms with E-state index < -0.39 is 0 Å². The van der Waals surface area contributed by atoms with E-state index >= 15 is 0 Å². The Hall–Kier alpha value is -2.78. The molecule has 25 heavy (non-hydrogen) atoms. The Morgan fingerprint density at radius 2 is 1.72 bits per heavy atom.